The molecule has 0 bridgehead atoms. The molecular weight excluding hydrogens is 240 g/mol. The maximum absolute atomic E-state index is 12.5. The standard InChI is InChI=1S/C15H20N2O2/c1-2-10-17(14-8-11-16(19)12-9-14)15(18)13-6-4-3-5-7-13/h2-7,14,19H,1,8-12H2. The molecule has 1 saturated heterocycles. The number of hydrogen-bond donors (Lipinski definition) is 1. The largest absolute Gasteiger partial charge is 0.332 e. The summed E-state index contributed by atoms with van der Waals surface area (Å²) in [5.41, 5.74) is 0.704. The molecule has 0 saturated carbocycles. The molecule has 1 aromatic carbocycles. The SMILES string of the molecule is C=CCN(C(=O)c1ccccc1)C1CCN(O)CC1. The van der Waals surface area contributed by atoms with Crippen molar-refractivity contribution in [1.29, 1.82) is 0 Å². The number of nitrogens with zero attached hydrogens (tertiary/aromatic N) is 2. The molecule has 1 fully saturated rings. The molecule has 1 aliphatic rings. The molecule has 1 heterocycles. The second kappa shape index (κ2) is 6.50. The van der Waals surface area contributed by atoms with Gasteiger partial charge in [0.25, 0.3) is 5.91 Å². The van der Waals surface area contributed by atoms with Gasteiger partial charge >= 0.3 is 0 Å². The summed E-state index contributed by atoms with van der Waals surface area (Å²) in [6, 6.07) is 9.48. The zero-order valence-electron chi connectivity index (χ0n) is 11.0. The highest BCUT2D eigenvalue weighted by Crippen LogP contribution is 2.18. The van der Waals surface area contributed by atoms with Crippen molar-refractivity contribution < 1.29 is 10.0 Å². The lowest BCUT2D eigenvalue weighted by molar-refractivity contribution is -0.113. The van der Waals surface area contributed by atoms with Crippen LogP contribution in [0.3, 0.4) is 0 Å². The van der Waals surface area contributed by atoms with Gasteiger partial charge in [0.2, 0.25) is 0 Å². The first-order chi connectivity index (χ1) is 9.22. The summed E-state index contributed by atoms with van der Waals surface area (Å²) in [5, 5.41) is 10.7. The smallest absolute Gasteiger partial charge is 0.254 e. The number of carbonyl (C=O) groups is 1. The van der Waals surface area contributed by atoms with Crippen molar-refractivity contribution in [3.05, 3.63) is 48.6 Å². The van der Waals surface area contributed by atoms with E-state index in [1.165, 1.54) is 5.06 Å². The van der Waals surface area contributed by atoms with E-state index in [1.54, 1.807) is 6.08 Å². The predicted molar refractivity (Wildman–Crippen MR) is 74.1 cm³/mol. The van der Waals surface area contributed by atoms with Crippen LogP contribution in [0, 0.1) is 0 Å². The molecule has 2 rings (SSSR count). The summed E-state index contributed by atoms with van der Waals surface area (Å²) >= 11 is 0. The quantitative estimate of drug-likeness (QED) is 0.844. The van der Waals surface area contributed by atoms with Crippen LogP contribution in [0.2, 0.25) is 0 Å². The molecule has 0 aromatic heterocycles. The lowest BCUT2D eigenvalue weighted by atomic mass is 10.0. The summed E-state index contributed by atoms with van der Waals surface area (Å²) in [7, 11) is 0. The molecule has 102 valence electrons. The Morgan fingerprint density at radius 1 is 1.37 bits per heavy atom. The van der Waals surface area contributed by atoms with E-state index >= 15 is 0 Å². The van der Waals surface area contributed by atoms with Crippen LogP contribution in [0.4, 0.5) is 0 Å². The van der Waals surface area contributed by atoms with Gasteiger partial charge in [0.15, 0.2) is 0 Å². The summed E-state index contributed by atoms with van der Waals surface area (Å²) in [5.74, 6) is 0.0388. The van der Waals surface area contributed by atoms with Crippen molar-refractivity contribution in [1.82, 2.24) is 9.96 Å². The van der Waals surface area contributed by atoms with Crippen LogP contribution in [-0.2, 0) is 0 Å². The highest BCUT2D eigenvalue weighted by atomic mass is 16.5. The van der Waals surface area contributed by atoms with Crippen molar-refractivity contribution in [2.24, 2.45) is 0 Å². The van der Waals surface area contributed by atoms with Crippen LogP contribution >= 0.6 is 0 Å². The van der Waals surface area contributed by atoms with Gasteiger partial charge in [0.1, 0.15) is 0 Å². The second-order valence-corrected chi connectivity index (χ2v) is 4.80. The third-order valence-electron chi connectivity index (χ3n) is 3.49. The Hall–Kier alpha value is -1.65. The van der Waals surface area contributed by atoms with E-state index in [-0.39, 0.29) is 11.9 Å². The Labute approximate surface area is 113 Å². The van der Waals surface area contributed by atoms with Gasteiger partial charge < -0.3 is 10.1 Å². The van der Waals surface area contributed by atoms with E-state index in [9.17, 15) is 10.0 Å². The Balaban J connectivity index is 2.11. The Kier molecular flexibility index (Phi) is 4.71. The molecule has 0 aliphatic carbocycles. The van der Waals surface area contributed by atoms with Crippen LogP contribution < -0.4 is 0 Å². The number of hydroxylamine groups is 2. The maximum atomic E-state index is 12.5. The minimum atomic E-state index is 0.0388. The minimum absolute atomic E-state index is 0.0388. The third-order valence-corrected chi connectivity index (χ3v) is 3.49. The van der Waals surface area contributed by atoms with Gasteiger partial charge in [0, 0.05) is 31.2 Å². The van der Waals surface area contributed by atoms with E-state index in [0.717, 1.165) is 12.8 Å². The molecule has 0 unspecified atom stereocenters. The number of rotatable bonds is 4. The van der Waals surface area contributed by atoms with Crippen molar-refractivity contribution in [2.75, 3.05) is 19.6 Å². The van der Waals surface area contributed by atoms with Crippen LogP contribution in [-0.4, -0.2) is 46.8 Å². The molecule has 19 heavy (non-hydrogen) atoms. The number of amides is 1. The zero-order valence-corrected chi connectivity index (χ0v) is 11.0. The summed E-state index contributed by atoms with van der Waals surface area (Å²) in [6.45, 7) is 5.50. The number of benzene rings is 1. The summed E-state index contributed by atoms with van der Waals surface area (Å²) < 4.78 is 0. The first-order valence-corrected chi connectivity index (χ1v) is 6.63. The van der Waals surface area contributed by atoms with Crippen LogP contribution in [0.15, 0.2) is 43.0 Å². The molecule has 0 atom stereocenters. The van der Waals surface area contributed by atoms with E-state index in [0.29, 0.717) is 25.2 Å². The Bertz CT molecular complexity index is 425. The monoisotopic (exact) mass is 260 g/mol. The molecule has 0 radical (unpaired) electrons. The second-order valence-electron chi connectivity index (χ2n) is 4.80. The minimum Gasteiger partial charge on any atom is -0.332 e. The van der Waals surface area contributed by atoms with Gasteiger partial charge in [-0.1, -0.05) is 24.3 Å². The van der Waals surface area contributed by atoms with E-state index in [2.05, 4.69) is 6.58 Å². The highest BCUT2D eigenvalue weighted by Gasteiger charge is 2.27. The zero-order chi connectivity index (χ0) is 13.7. The Morgan fingerprint density at radius 3 is 2.58 bits per heavy atom. The van der Waals surface area contributed by atoms with Gasteiger partial charge in [-0.25, -0.2) is 0 Å². The topological polar surface area (TPSA) is 43.8 Å². The first-order valence-electron chi connectivity index (χ1n) is 6.63. The predicted octanol–water partition coefficient (Wildman–Crippen LogP) is 2.17. The normalized spacial score (nSPS) is 17.1. The lowest BCUT2D eigenvalue weighted by Crippen LogP contribution is -2.46. The van der Waals surface area contributed by atoms with Crippen molar-refractivity contribution in [2.45, 2.75) is 18.9 Å². The number of piperidine rings is 1. The van der Waals surface area contributed by atoms with Crippen molar-refractivity contribution in [3.63, 3.8) is 0 Å². The fraction of sp³-hybridized carbons (Fsp3) is 0.400. The molecule has 1 aromatic rings. The van der Waals surface area contributed by atoms with Gasteiger partial charge in [-0.05, 0) is 25.0 Å². The molecule has 4 heteroatoms. The molecule has 4 nitrogen and oxygen atoms in total. The van der Waals surface area contributed by atoms with Gasteiger partial charge in [-0.3, -0.25) is 4.79 Å². The summed E-state index contributed by atoms with van der Waals surface area (Å²) in [6.07, 6.45) is 3.35. The van der Waals surface area contributed by atoms with Crippen LogP contribution in [0.25, 0.3) is 0 Å². The van der Waals surface area contributed by atoms with Gasteiger partial charge in [-0.2, -0.15) is 5.06 Å². The van der Waals surface area contributed by atoms with E-state index < -0.39 is 0 Å². The van der Waals surface area contributed by atoms with Gasteiger partial charge in [0.05, 0.1) is 0 Å². The number of hydrogen-bond acceptors (Lipinski definition) is 3. The molecule has 0 spiro atoms. The van der Waals surface area contributed by atoms with E-state index in [4.69, 9.17) is 0 Å². The van der Waals surface area contributed by atoms with Gasteiger partial charge in [-0.15, -0.1) is 6.58 Å². The van der Waals surface area contributed by atoms with Crippen LogP contribution in [0.1, 0.15) is 23.2 Å². The van der Waals surface area contributed by atoms with Crippen molar-refractivity contribution in [3.8, 4) is 0 Å². The molecule has 1 amide bonds. The fourth-order valence-corrected chi connectivity index (χ4v) is 2.45. The molecular formula is C15H20N2O2. The van der Waals surface area contributed by atoms with E-state index in [1.807, 2.05) is 35.2 Å². The molecule has 1 N–H and O–H groups in total. The summed E-state index contributed by atoms with van der Waals surface area (Å²) in [4.78, 5) is 14.4. The van der Waals surface area contributed by atoms with Crippen molar-refractivity contribution >= 4 is 5.91 Å². The van der Waals surface area contributed by atoms with Crippen LogP contribution in [0.5, 0.6) is 0 Å². The number of carbonyl (C=O) groups excluding carboxylic acids is 1. The first kappa shape index (κ1) is 13.8. The molecule has 1 aliphatic heterocycles. The average molecular weight is 260 g/mol. The Morgan fingerprint density at radius 2 is 2.00 bits per heavy atom. The fourth-order valence-electron chi connectivity index (χ4n) is 2.45. The average Bonchev–Trinajstić information content (AvgIpc) is 2.46. The third kappa shape index (κ3) is 3.43. The lowest BCUT2D eigenvalue weighted by Gasteiger charge is -2.36. The maximum Gasteiger partial charge on any atom is 0.254 e. The highest BCUT2D eigenvalue weighted by molar-refractivity contribution is 5.94.